The van der Waals surface area contributed by atoms with Gasteiger partial charge in [-0.2, -0.15) is 5.10 Å². The average molecular weight is 337 g/mol. The summed E-state index contributed by atoms with van der Waals surface area (Å²) >= 11 is 0. The zero-order valence-corrected chi connectivity index (χ0v) is 13.6. The maximum Gasteiger partial charge on any atom is 0.267 e. The van der Waals surface area contributed by atoms with Gasteiger partial charge in [0.1, 0.15) is 18.0 Å². The third-order valence-corrected chi connectivity index (χ3v) is 4.27. The van der Waals surface area contributed by atoms with E-state index in [2.05, 4.69) is 20.0 Å². The molecule has 4 rings (SSSR count). The largest absolute Gasteiger partial charge is 0.352 e. The van der Waals surface area contributed by atoms with Crippen molar-refractivity contribution in [1.82, 2.24) is 19.7 Å². The second-order valence-corrected chi connectivity index (χ2v) is 6.09. The van der Waals surface area contributed by atoms with Crippen LogP contribution in [0.15, 0.2) is 53.6 Å². The molecule has 0 bridgehead atoms. The zero-order valence-electron chi connectivity index (χ0n) is 13.6. The molecule has 1 aliphatic rings. The quantitative estimate of drug-likeness (QED) is 0.733. The number of anilines is 1. The van der Waals surface area contributed by atoms with E-state index in [-0.39, 0.29) is 17.4 Å². The van der Waals surface area contributed by atoms with Gasteiger partial charge in [0.2, 0.25) is 0 Å². The van der Waals surface area contributed by atoms with Gasteiger partial charge in [-0.15, -0.1) is 0 Å². The molecule has 1 saturated heterocycles. The van der Waals surface area contributed by atoms with Crippen molar-refractivity contribution in [3.63, 3.8) is 0 Å². The van der Waals surface area contributed by atoms with Crippen molar-refractivity contribution >= 4 is 5.82 Å². The molecule has 1 aromatic carbocycles. The Kier molecular flexibility index (Phi) is 3.76. The molecular formula is C18H16FN5O. The minimum absolute atomic E-state index is 0.0312. The summed E-state index contributed by atoms with van der Waals surface area (Å²) in [4.78, 5) is 22.6. The number of aromatic nitrogens is 4. The third kappa shape index (κ3) is 3.00. The summed E-state index contributed by atoms with van der Waals surface area (Å²) in [6.07, 6.45) is 1.53. The summed E-state index contributed by atoms with van der Waals surface area (Å²) in [5.41, 5.74) is 1.97. The molecule has 25 heavy (non-hydrogen) atoms. The van der Waals surface area contributed by atoms with E-state index in [0.29, 0.717) is 24.3 Å². The Morgan fingerprint density at radius 3 is 2.72 bits per heavy atom. The van der Waals surface area contributed by atoms with E-state index in [4.69, 9.17) is 0 Å². The first-order valence-electron chi connectivity index (χ1n) is 7.99. The van der Waals surface area contributed by atoms with E-state index < -0.39 is 0 Å². The van der Waals surface area contributed by atoms with Crippen LogP contribution in [0.1, 0.15) is 11.7 Å². The number of aryl methyl sites for hydroxylation is 1. The van der Waals surface area contributed by atoms with Gasteiger partial charge in [0.25, 0.3) is 5.56 Å². The smallest absolute Gasteiger partial charge is 0.267 e. The molecule has 3 heterocycles. The van der Waals surface area contributed by atoms with Crippen LogP contribution in [0.4, 0.5) is 10.2 Å². The Balaban J connectivity index is 1.58. The van der Waals surface area contributed by atoms with Crippen LogP contribution in [0.2, 0.25) is 0 Å². The maximum absolute atomic E-state index is 13.4. The fourth-order valence-electron chi connectivity index (χ4n) is 2.90. The topological polar surface area (TPSA) is 63.9 Å². The van der Waals surface area contributed by atoms with Crippen LogP contribution in [-0.4, -0.2) is 32.8 Å². The molecule has 0 N–H and O–H groups in total. The van der Waals surface area contributed by atoms with E-state index in [1.165, 1.54) is 29.2 Å². The highest BCUT2D eigenvalue weighted by Crippen LogP contribution is 2.25. The van der Waals surface area contributed by atoms with Crippen molar-refractivity contribution in [1.29, 1.82) is 0 Å². The maximum atomic E-state index is 13.4. The standard InChI is InChI=1S/C18H16FN5O/c1-12-7-17(21-11-20-12)23-9-15(10-23)24-18(25)6-5-16(22-24)13-3-2-4-14(19)8-13/h2-8,11,15H,9-10H2,1H3. The van der Waals surface area contributed by atoms with Gasteiger partial charge in [0, 0.05) is 36.5 Å². The average Bonchev–Trinajstić information content (AvgIpc) is 2.55. The molecule has 0 saturated carbocycles. The van der Waals surface area contributed by atoms with Gasteiger partial charge in [-0.3, -0.25) is 4.79 Å². The van der Waals surface area contributed by atoms with Crippen LogP contribution in [0, 0.1) is 12.7 Å². The summed E-state index contributed by atoms with van der Waals surface area (Å²) in [5.74, 6) is 0.518. The lowest BCUT2D eigenvalue weighted by Crippen LogP contribution is -2.51. The molecule has 3 aromatic rings. The molecule has 7 heteroatoms. The first-order valence-corrected chi connectivity index (χ1v) is 7.99. The van der Waals surface area contributed by atoms with Gasteiger partial charge in [-0.1, -0.05) is 12.1 Å². The molecule has 6 nitrogen and oxygen atoms in total. The second kappa shape index (κ2) is 6.08. The van der Waals surface area contributed by atoms with Crippen molar-refractivity contribution in [2.24, 2.45) is 0 Å². The summed E-state index contributed by atoms with van der Waals surface area (Å²) in [7, 11) is 0. The number of nitrogens with zero attached hydrogens (tertiary/aromatic N) is 5. The van der Waals surface area contributed by atoms with Gasteiger partial charge in [0.05, 0.1) is 11.7 Å². The summed E-state index contributed by atoms with van der Waals surface area (Å²) in [6.45, 7) is 3.21. The number of hydrogen-bond acceptors (Lipinski definition) is 5. The van der Waals surface area contributed by atoms with Gasteiger partial charge in [-0.05, 0) is 25.1 Å². The van der Waals surface area contributed by atoms with Gasteiger partial charge < -0.3 is 4.90 Å². The van der Waals surface area contributed by atoms with Crippen LogP contribution in [0.5, 0.6) is 0 Å². The Hall–Kier alpha value is -3.09. The number of benzene rings is 1. The SMILES string of the molecule is Cc1cc(N2CC(n3nc(-c4cccc(F)c4)ccc3=O)C2)ncn1. The molecule has 0 aliphatic carbocycles. The molecule has 0 amide bonds. The highest BCUT2D eigenvalue weighted by Gasteiger charge is 2.31. The predicted octanol–water partition coefficient (Wildman–Crippen LogP) is 2.21. The van der Waals surface area contributed by atoms with Crippen molar-refractivity contribution in [2.45, 2.75) is 13.0 Å². The van der Waals surface area contributed by atoms with Crippen LogP contribution < -0.4 is 10.5 Å². The van der Waals surface area contributed by atoms with Gasteiger partial charge in [0.15, 0.2) is 0 Å². The second-order valence-electron chi connectivity index (χ2n) is 6.09. The fourth-order valence-corrected chi connectivity index (χ4v) is 2.90. The first kappa shape index (κ1) is 15.4. The normalized spacial score (nSPS) is 14.4. The van der Waals surface area contributed by atoms with Crippen molar-refractivity contribution < 1.29 is 4.39 Å². The third-order valence-electron chi connectivity index (χ3n) is 4.27. The van der Waals surface area contributed by atoms with E-state index in [1.54, 1.807) is 18.2 Å². The van der Waals surface area contributed by atoms with E-state index in [0.717, 1.165) is 11.5 Å². The lowest BCUT2D eigenvalue weighted by atomic mass is 10.1. The zero-order chi connectivity index (χ0) is 17.4. The molecular weight excluding hydrogens is 321 g/mol. The molecule has 0 radical (unpaired) electrons. The van der Waals surface area contributed by atoms with E-state index >= 15 is 0 Å². The molecule has 0 unspecified atom stereocenters. The monoisotopic (exact) mass is 337 g/mol. The Labute approximate surface area is 143 Å². The molecule has 2 aromatic heterocycles. The Morgan fingerprint density at radius 1 is 1.12 bits per heavy atom. The minimum atomic E-state index is -0.328. The number of halogens is 1. The Morgan fingerprint density at radius 2 is 1.96 bits per heavy atom. The van der Waals surface area contributed by atoms with E-state index in [1.807, 2.05) is 13.0 Å². The lowest BCUT2D eigenvalue weighted by Gasteiger charge is -2.40. The number of hydrogen-bond donors (Lipinski definition) is 0. The lowest BCUT2D eigenvalue weighted by molar-refractivity contribution is 0.352. The Bertz CT molecular complexity index is 981. The molecule has 0 spiro atoms. The first-order chi connectivity index (χ1) is 12.1. The predicted molar refractivity (Wildman–Crippen MR) is 91.9 cm³/mol. The van der Waals surface area contributed by atoms with Crippen LogP contribution in [0.25, 0.3) is 11.3 Å². The minimum Gasteiger partial charge on any atom is -0.352 e. The van der Waals surface area contributed by atoms with Crippen LogP contribution in [-0.2, 0) is 0 Å². The molecule has 126 valence electrons. The fraction of sp³-hybridized carbons (Fsp3) is 0.222. The van der Waals surface area contributed by atoms with Gasteiger partial charge >= 0.3 is 0 Å². The van der Waals surface area contributed by atoms with Crippen LogP contribution in [0.3, 0.4) is 0 Å². The highest BCUT2D eigenvalue weighted by molar-refractivity contribution is 5.58. The molecule has 0 atom stereocenters. The van der Waals surface area contributed by atoms with E-state index in [9.17, 15) is 9.18 Å². The summed E-state index contributed by atoms with van der Waals surface area (Å²) < 4.78 is 14.9. The summed E-state index contributed by atoms with van der Waals surface area (Å²) in [5, 5.41) is 4.43. The summed E-state index contributed by atoms with van der Waals surface area (Å²) in [6, 6.07) is 11.2. The van der Waals surface area contributed by atoms with Gasteiger partial charge in [-0.25, -0.2) is 19.0 Å². The highest BCUT2D eigenvalue weighted by atomic mass is 19.1. The molecule has 1 aliphatic heterocycles. The van der Waals surface area contributed by atoms with Crippen molar-refractivity contribution in [2.75, 3.05) is 18.0 Å². The van der Waals surface area contributed by atoms with Crippen molar-refractivity contribution in [3.05, 3.63) is 70.7 Å². The van der Waals surface area contributed by atoms with Crippen LogP contribution >= 0.6 is 0 Å². The molecule has 1 fully saturated rings. The van der Waals surface area contributed by atoms with Crippen molar-refractivity contribution in [3.8, 4) is 11.3 Å². The number of rotatable bonds is 3.